The van der Waals surface area contributed by atoms with Crippen molar-refractivity contribution in [3.05, 3.63) is 39.7 Å². The SMILES string of the molecule is CCOC(=O)/N=C1/C(C(C)(C)C)=C(C(C)(C)C)P1c1c(C)cc(C)cc1C. The maximum atomic E-state index is 12.3. The first-order valence-corrected chi connectivity index (χ1v) is 11.0. The molecule has 27 heavy (non-hydrogen) atoms. The molecule has 1 aromatic carbocycles. The molecule has 0 saturated heterocycles. The van der Waals surface area contributed by atoms with E-state index in [2.05, 4.69) is 79.4 Å². The van der Waals surface area contributed by atoms with Crippen LogP contribution in [0.15, 0.2) is 28.0 Å². The van der Waals surface area contributed by atoms with Crippen LogP contribution in [0.4, 0.5) is 4.79 Å². The third kappa shape index (κ3) is 4.35. The average molecular weight is 388 g/mol. The number of benzene rings is 1. The van der Waals surface area contributed by atoms with Crippen molar-refractivity contribution in [3.63, 3.8) is 0 Å². The second-order valence-corrected chi connectivity index (χ2v) is 11.4. The fourth-order valence-corrected chi connectivity index (χ4v) is 7.38. The van der Waals surface area contributed by atoms with E-state index in [1.807, 2.05) is 6.92 Å². The Bertz CT molecular complexity index is 797. The average Bonchev–Trinajstić information content (AvgIpc) is 2.43. The van der Waals surface area contributed by atoms with Crippen molar-refractivity contribution in [2.75, 3.05) is 6.61 Å². The molecule has 0 radical (unpaired) electrons. The lowest BCUT2D eigenvalue weighted by Gasteiger charge is -2.48. The van der Waals surface area contributed by atoms with Gasteiger partial charge in [-0.3, -0.25) is 0 Å². The number of carbonyl (C=O) groups excluding carboxylic acids is 1. The normalized spacial score (nSPS) is 19.3. The molecule has 0 aromatic heterocycles. The van der Waals surface area contributed by atoms with Crippen molar-refractivity contribution < 1.29 is 9.53 Å². The van der Waals surface area contributed by atoms with Crippen molar-refractivity contribution in [2.45, 2.75) is 69.2 Å². The Kier molecular flexibility index (Phi) is 6.07. The first-order chi connectivity index (χ1) is 12.3. The number of allylic oxidation sites excluding steroid dienone is 2. The molecule has 4 heteroatoms. The summed E-state index contributed by atoms with van der Waals surface area (Å²) >= 11 is 0. The van der Waals surface area contributed by atoms with Crippen molar-refractivity contribution in [1.82, 2.24) is 0 Å². The van der Waals surface area contributed by atoms with E-state index in [1.54, 1.807) is 0 Å². The van der Waals surface area contributed by atoms with Gasteiger partial charge >= 0.3 is 6.09 Å². The first-order valence-electron chi connectivity index (χ1n) is 9.68. The second kappa shape index (κ2) is 7.51. The Balaban J connectivity index is 2.80. The summed E-state index contributed by atoms with van der Waals surface area (Å²) in [4.78, 5) is 16.7. The molecule has 1 heterocycles. The largest absolute Gasteiger partial charge is 0.448 e. The van der Waals surface area contributed by atoms with Gasteiger partial charge in [0.2, 0.25) is 0 Å². The molecule has 0 N–H and O–H groups in total. The molecule has 1 unspecified atom stereocenters. The Morgan fingerprint density at radius 3 is 1.93 bits per heavy atom. The van der Waals surface area contributed by atoms with Crippen LogP contribution in [-0.2, 0) is 4.74 Å². The molecule has 0 spiro atoms. The van der Waals surface area contributed by atoms with E-state index in [-0.39, 0.29) is 10.8 Å². The van der Waals surface area contributed by atoms with E-state index in [1.165, 1.54) is 32.9 Å². The monoisotopic (exact) mass is 387 g/mol. The molecular weight excluding hydrogens is 353 g/mol. The van der Waals surface area contributed by atoms with Gasteiger partial charge in [-0.25, -0.2) is 4.79 Å². The molecule has 0 bridgehead atoms. The lowest BCUT2D eigenvalue weighted by molar-refractivity contribution is 0.163. The number of aryl methyl sites for hydroxylation is 3. The lowest BCUT2D eigenvalue weighted by Crippen LogP contribution is -2.37. The zero-order chi connectivity index (χ0) is 20.7. The number of aliphatic imine (C=N–C) groups is 1. The Morgan fingerprint density at radius 1 is 1.00 bits per heavy atom. The van der Waals surface area contributed by atoms with Gasteiger partial charge in [-0.15, -0.1) is 0 Å². The van der Waals surface area contributed by atoms with Gasteiger partial charge in [-0.05, 0) is 65.8 Å². The zero-order valence-electron chi connectivity index (χ0n) is 18.6. The number of carbonyl (C=O) groups is 1. The quantitative estimate of drug-likeness (QED) is 0.534. The number of hydrogen-bond donors (Lipinski definition) is 0. The number of ether oxygens (including phenoxy) is 1. The van der Waals surface area contributed by atoms with Crippen LogP contribution in [0.2, 0.25) is 0 Å². The van der Waals surface area contributed by atoms with Gasteiger partial charge < -0.3 is 4.74 Å². The lowest BCUT2D eigenvalue weighted by atomic mass is 9.80. The number of hydrogen-bond acceptors (Lipinski definition) is 2. The molecule has 0 aliphatic carbocycles. The zero-order valence-corrected chi connectivity index (χ0v) is 19.5. The highest BCUT2D eigenvalue weighted by Gasteiger charge is 2.48. The summed E-state index contributed by atoms with van der Waals surface area (Å²) in [5, 5.41) is 2.79. The minimum Gasteiger partial charge on any atom is -0.448 e. The van der Waals surface area contributed by atoms with Gasteiger partial charge in [-0.1, -0.05) is 59.2 Å². The van der Waals surface area contributed by atoms with Crippen molar-refractivity contribution in [3.8, 4) is 0 Å². The molecule has 3 nitrogen and oxygen atoms in total. The second-order valence-electron chi connectivity index (χ2n) is 9.44. The molecule has 1 atom stereocenters. The van der Waals surface area contributed by atoms with Crippen LogP contribution in [-0.4, -0.2) is 18.2 Å². The van der Waals surface area contributed by atoms with Crippen molar-refractivity contribution >= 4 is 24.8 Å². The Morgan fingerprint density at radius 2 is 1.52 bits per heavy atom. The predicted octanol–water partition coefficient (Wildman–Crippen LogP) is 6.63. The van der Waals surface area contributed by atoms with E-state index < -0.39 is 14.0 Å². The minimum atomic E-state index is -0.780. The maximum absolute atomic E-state index is 12.3. The molecule has 1 aromatic rings. The topological polar surface area (TPSA) is 38.7 Å². The fourth-order valence-electron chi connectivity index (χ4n) is 3.87. The van der Waals surface area contributed by atoms with Crippen molar-refractivity contribution in [1.29, 1.82) is 0 Å². The Labute approximate surface area is 166 Å². The van der Waals surface area contributed by atoms with Gasteiger partial charge in [-0.2, -0.15) is 4.99 Å². The van der Waals surface area contributed by atoms with Gasteiger partial charge in [0.1, 0.15) is 0 Å². The van der Waals surface area contributed by atoms with E-state index in [9.17, 15) is 4.79 Å². The standard InChI is InChI=1S/C23H34NO2P/c1-11-26-21(25)24-20-17(22(5,6)7)19(23(8,9)10)27(20)18-15(3)12-14(2)13-16(18)4/h12-13H,11H2,1-10H3/b24-20-. The first kappa shape index (κ1) is 21.8. The molecule has 1 aliphatic rings. The van der Waals surface area contributed by atoms with Crippen LogP contribution >= 0.6 is 7.92 Å². The smallest absolute Gasteiger partial charge is 0.434 e. The number of nitrogens with zero attached hydrogens (tertiary/aromatic N) is 1. The molecule has 1 amide bonds. The summed E-state index contributed by atoms with van der Waals surface area (Å²) in [6.07, 6.45) is -0.475. The predicted molar refractivity (Wildman–Crippen MR) is 118 cm³/mol. The van der Waals surface area contributed by atoms with Crippen molar-refractivity contribution in [2.24, 2.45) is 15.8 Å². The molecule has 0 fully saturated rings. The van der Waals surface area contributed by atoms with E-state index in [0.717, 1.165) is 5.45 Å². The minimum absolute atomic E-state index is 0.0196. The third-order valence-electron chi connectivity index (χ3n) is 4.68. The summed E-state index contributed by atoms with van der Waals surface area (Å²) in [7, 11) is -0.780. The molecule has 148 valence electrons. The summed E-state index contributed by atoms with van der Waals surface area (Å²) in [5.41, 5.74) is 5.95. The highest BCUT2D eigenvalue weighted by molar-refractivity contribution is 7.88. The highest BCUT2D eigenvalue weighted by Crippen LogP contribution is 2.67. The van der Waals surface area contributed by atoms with Crippen LogP contribution in [0, 0.1) is 31.6 Å². The third-order valence-corrected chi connectivity index (χ3v) is 7.92. The van der Waals surface area contributed by atoms with E-state index in [4.69, 9.17) is 4.74 Å². The van der Waals surface area contributed by atoms with Gasteiger partial charge in [0.25, 0.3) is 0 Å². The number of amides is 1. The fraction of sp³-hybridized carbons (Fsp3) is 0.565. The van der Waals surface area contributed by atoms with Gasteiger partial charge in [0, 0.05) is 7.92 Å². The molecule has 0 saturated carbocycles. The van der Waals surface area contributed by atoms with Gasteiger partial charge in [0.05, 0.1) is 12.1 Å². The van der Waals surface area contributed by atoms with E-state index in [0.29, 0.717) is 6.61 Å². The summed E-state index contributed by atoms with van der Waals surface area (Å²) < 4.78 is 5.16. The maximum Gasteiger partial charge on any atom is 0.434 e. The van der Waals surface area contributed by atoms with Crippen LogP contribution in [0.1, 0.15) is 65.2 Å². The highest BCUT2D eigenvalue weighted by atomic mass is 31.1. The molecular formula is C23H34NO2P. The molecule has 1 aliphatic heterocycles. The van der Waals surface area contributed by atoms with Crippen LogP contribution in [0.3, 0.4) is 0 Å². The van der Waals surface area contributed by atoms with E-state index >= 15 is 0 Å². The van der Waals surface area contributed by atoms with Crippen LogP contribution in [0.25, 0.3) is 0 Å². The van der Waals surface area contributed by atoms with Crippen LogP contribution in [0.5, 0.6) is 0 Å². The summed E-state index contributed by atoms with van der Waals surface area (Å²) in [5.74, 6) is 0. The van der Waals surface area contributed by atoms with Gasteiger partial charge in [0.15, 0.2) is 0 Å². The number of rotatable bonds is 2. The summed E-state index contributed by atoms with van der Waals surface area (Å²) in [6.45, 7) is 22.1. The van der Waals surface area contributed by atoms with Crippen LogP contribution < -0.4 is 5.30 Å². The molecule has 2 rings (SSSR count). The summed E-state index contributed by atoms with van der Waals surface area (Å²) in [6, 6.07) is 4.48. The Hall–Kier alpha value is -1.47.